The average Bonchev–Trinajstić information content (AvgIpc) is 3.31. The molecule has 1 aromatic carbocycles. The van der Waals surface area contributed by atoms with Crippen LogP contribution in [-0.2, 0) is 11.4 Å². The molecule has 1 amide bonds. The van der Waals surface area contributed by atoms with E-state index in [1.54, 1.807) is 0 Å². The monoisotopic (exact) mass is 389 g/mol. The number of likely N-dealkylation sites (tertiary alicyclic amines) is 1. The van der Waals surface area contributed by atoms with Crippen molar-refractivity contribution in [3.8, 4) is 5.75 Å². The van der Waals surface area contributed by atoms with Gasteiger partial charge in [-0.05, 0) is 43.4 Å². The highest BCUT2D eigenvalue weighted by molar-refractivity contribution is 8.00. The van der Waals surface area contributed by atoms with Crippen LogP contribution in [0, 0.1) is 0 Å². The highest BCUT2D eigenvalue weighted by atomic mass is 32.2. The number of nitrogens with two attached hydrogens (primary N) is 1. The summed E-state index contributed by atoms with van der Waals surface area (Å²) in [6.07, 6.45) is 2.16. The molecule has 1 saturated heterocycles. The number of thioether (sulfide) groups is 1. The summed E-state index contributed by atoms with van der Waals surface area (Å²) in [5, 5.41) is 8.49. The maximum Gasteiger partial charge on any atom is 0.235 e. The maximum atomic E-state index is 12.4. The molecular weight excluding hydrogens is 362 g/mol. The quantitative estimate of drug-likeness (QED) is 0.579. The third kappa shape index (κ3) is 4.74. The molecule has 27 heavy (non-hydrogen) atoms. The van der Waals surface area contributed by atoms with Crippen molar-refractivity contribution in [1.29, 1.82) is 0 Å². The van der Waals surface area contributed by atoms with Gasteiger partial charge in [-0.3, -0.25) is 4.79 Å². The number of amides is 1. The second-order valence-corrected chi connectivity index (χ2v) is 8.38. The van der Waals surface area contributed by atoms with Gasteiger partial charge in [0, 0.05) is 13.1 Å². The molecule has 146 valence electrons. The van der Waals surface area contributed by atoms with E-state index in [4.69, 9.17) is 10.6 Å². The summed E-state index contributed by atoms with van der Waals surface area (Å²) in [5.41, 5.74) is 1.26. The Kier molecular flexibility index (Phi) is 6.26. The van der Waals surface area contributed by atoms with E-state index < -0.39 is 0 Å². The van der Waals surface area contributed by atoms with E-state index in [0.29, 0.717) is 16.9 Å². The van der Waals surface area contributed by atoms with Crippen molar-refractivity contribution in [3.05, 3.63) is 35.7 Å². The largest absolute Gasteiger partial charge is 0.486 e. The first-order valence-corrected chi connectivity index (χ1v) is 10.2. The van der Waals surface area contributed by atoms with Gasteiger partial charge in [0.15, 0.2) is 5.82 Å². The summed E-state index contributed by atoms with van der Waals surface area (Å²) in [5.74, 6) is 7.99. The minimum atomic E-state index is -0.244. The van der Waals surface area contributed by atoms with Crippen LogP contribution >= 0.6 is 11.8 Å². The number of rotatable bonds is 7. The molecule has 0 aliphatic carbocycles. The van der Waals surface area contributed by atoms with Crippen molar-refractivity contribution < 1.29 is 9.53 Å². The third-order valence-corrected chi connectivity index (χ3v) is 5.74. The van der Waals surface area contributed by atoms with Crippen LogP contribution < -0.4 is 10.6 Å². The molecule has 1 aliphatic heterocycles. The summed E-state index contributed by atoms with van der Waals surface area (Å²) < 4.78 is 7.17. The molecule has 0 radical (unpaired) electrons. The SMILES string of the molecule is CC(C)c1ccc(OCc2nnc(S[C@@H](C)C(=O)N3CCCC3)n2N)cc1. The third-order valence-electron chi connectivity index (χ3n) is 4.70. The van der Waals surface area contributed by atoms with E-state index in [-0.39, 0.29) is 17.8 Å². The van der Waals surface area contributed by atoms with Crippen molar-refractivity contribution in [2.75, 3.05) is 18.9 Å². The van der Waals surface area contributed by atoms with E-state index in [1.807, 2.05) is 24.0 Å². The van der Waals surface area contributed by atoms with Gasteiger partial charge in [-0.15, -0.1) is 10.2 Å². The minimum absolute atomic E-state index is 0.128. The van der Waals surface area contributed by atoms with Crippen LogP contribution in [-0.4, -0.2) is 44.0 Å². The lowest BCUT2D eigenvalue weighted by atomic mass is 10.0. The van der Waals surface area contributed by atoms with Crippen LogP contribution in [0.4, 0.5) is 0 Å². The molecule has 1 aliphatic rings. The zero-order valence-corrected chi connectivity index (χ0v) is 16.9. The van der Waals surface area contributed by atoms with Crippen molar-refractivity contribution >= 4 is 17.7 Å². The molecule has 0 saturated carbocycles. The molecule has 1 fully saturated rings. The Labute approximate surface area is 164 Å². The summed E-state index contributed by atoms with van der Waals surface area (Å²) in [6.45, 7) is 8.09. The van der Waals surface area contributed by atoms with Gasteiger partial charge in [0.2, 0.25) is 11.1 Å². The highest BCUT2D eigenvalue weighted by Crippen LogP contribution is 2.24. The molecule has 2 N–H and O–H groups in total. The van der Waals surface area contributed by atoms with Crippen molar-refractivity contribution in [1.82, 2.24) is 19.8 Å². The molecule has 2 heterocycles. The second-order valence-electron chi connectivity index (χ2n) is 7.07. The molecule has 8 heteroatoms. The van der Waals surface area contributed by atoms with Gasteiger partial charge in [-0.25, -0.2) is 4.68 Å². The number of benzene rings is 1. The number of carbonyl (C=O) groups is 1. The fourth-order valence-corrected chi connectivity index (χ4v) is 3.86. The number of aromatic nitrogens is 3. The van der Waals surface area contributed by atoms with E-state index >= 15 is 0 Å². The lowest BCUT2D eigenvalue weighted by Gasteiger charge is -2.19. The predicted molar refractivity (Wildman–Crippen MR) is 106 cm³/mol. The summed E-state index contributed by atoms with van der Waals surface area (Å²) in [6, 6.07) is 8.00. The van der Waals surface area contributed by atoms with Gasteiger partial charge in [0.1, 0.15) is 12.4 Å². The molecule has 2 aromatic rings. The van der Waals surface area contributed by atoms with E-state index in [2.05, 4.69) is 36.2 Å². The average molecular weight is 390 g/mol. The Morgan fingerprint density at radius 2 is 1.85 bits per heavy atom. The van der Waals surface area contributed by atoms with Gasteiger partial charge in [-0.2, -0.15) is 0 Å². The number of hydrogen-bond donors (Lipinski definition) is 1. The standard InChI is InChI=1S/C19H27N5O2S/c1-13(2)15-6-8-16(9-7-15)26-12-17-21-22-19(24(17)20)27-14(3)18(25)23-10-4-5-11-23/h6-9,13-14H,4-5,10-12,20H2,1-3H3/t14-/m0/s1. The Morgan fingerprint density at radius 1 is 1.19 bits per heavy atom. The molecule has 1 atom stereocenters. The Balaban J connectivity index is 1.57. The van der Waals surface area contributed by atoms with Gasteiger partial charge in [0.05, 0.1) is 5.25 Å². The molecule has 3 rings (SSSR count). The van der Waals surface area contributed by atoms with Crippen LogP contribution in [0.3, 0.4) is 0 Å². The first-order chi connectivity index (χ1) is 13.0. The smallest absolute Gasteiger partial charge is 0.235 e. The number of nitrogen functional groups attached to an aromatic ring is 1. The van der Waals surface area contributed by atoms with Crippen LogP contribution in [0.2, 0.25) is 0 Å². The Hall–Kier alpha value is -2.22. The van der Waals surface area contributed by atoms with Gasteiger partial charge in [0.25, 0.3) is 0 Å². The van der Waals surface area contributed by atoms with E-state index in [1.165, 1.54) is 22.0 Å². The van der Waals surface area contributed by atoms with Crippen LogP contribution in [0.25, 0.3) is 0 Å². The molecule has 0 unspecified atom stereocenters. The molecule has 7 nitrogen and oxygen atoms in total. The van der Waals surface area contributed by atoms with Gasteiger partial charge in [-0.1, -0.05) is 37.7 Å². The molecular formula is C19H27N5O2S. The van der Waals surface area contributed by atoms with Crippen LogP contribution in [0.15, 0.2) is 29.4 Å². The topological polar surface area (TPSA) is 86.3 Å². The lowest BCUT2D eigenvalue weighted by molar-refractivity contribution is -0.129. The van der Waals surface area contributed by atoms with Gasteiger partial charge >= 0.3 is 0 Å². The first kappa shape index (κ1) is 19.5. The first-order valence-electron chi connectivity index (χ1n) is 9.33. The number of carbonyl (C=O) groups excluding carboxylic acids is 1. The molecule has 0 spiro atoms. The second kappa shape index (κ2) is 8.65. The normalized spacial score (nSPS) is 15.3. The van der Waals surface area contributed by atoms with Crippen molar-refractivity contribution in [2.45, 2.75) is 56.5 Å². The van der Waals surface area contributed by atoms with Crippen LogP contribution in [0.5, 0.6) is 5.75 Å². The van der Waals surface area contributed by atoms with Crippen LogP contribution in [0.1, 0.15) is 50.9 Å². The molecule has 0 bridgehead atoms. The van der Waals surface area contributed by atoms with E-state index in [0.717, 1.165) is 31.7 Å². The fourth-order valence-electron chi connectivity index (χ4n) is 2.99. The minimum Gasteiger partial charge on any atom is -0.486 e. The van der Waals surface area contributed by atoms with Crippen molar-refractivity contribution in [3.63, 3.8) is 0 Å². The number of ether oxygens (including phenoxy) is 1. The summed E-state index contributed by atoms with van der Waals surface area (Å²) in [4.78, 5) is 14.3. The van der Waals surface area contributed by atoms with Gasteiger partial charge < -0.3 is 15.5 Å². The number of nitrogens with zero attached hydrogens (tertiary/aromatic N) is 4. The Bertz CT molecular complexity index is 769. The zero-order valence-electron chi connectivity index (χ0n) is 16.1. The summed E-state index contributed by atoms with van der Waals surface area (Å²) in [7, 11) is 0. The van der Waals surface area contributed by atoms with E-state index in [9.17, 15) is 4.79 Å². The molecule has 1 aromatic heterocycles. The fraction of sp³-hybridized carbons (Fsp3) is 0.526. The predicted octanol–water partition coefficient (Wildman–Crippen LogP) is 2.80. The van der Waals surface area contributed by atoms with Crippen molar-refractivity contribution in [2.24, 2.45) is 0 Å². The maximum absolute atomic E-state index is 12.4. The highest BCUT2D eigenvalue weighted by Gasteiger charge is 2.26. The zero-order chi connectivity index (χ0) is 19.4. The summed E-state index contributed by atoms with van der Waals surface area (Å²) >= 11 is 1.33. The number of hydrogen-bond acceptors (Lipinski definition) is 6. The lowest BCUT2D eigenvalue weighted by Crippen LogP contribution is -2.34. The Morgan fingerprint density at radius 3 is 2.48 bits per heavy atom.